The van der Waals surface area contributed by atoms with Crippen LogP contribution < -0.4 is 4.74 Å². The van der Waals surface area contributed by atoms with Gasteiger partial charge in [0.05, 0.1) is 11.0 Å². The van der Waals surface area contributed by atoms with Gasteiger partial charge in [-0.1, -0.05) is 13.8 Å². The first kappa shape index (κ1) is 11.5. The average molecular weight is 209 g/mol. The second kappa shape index (κ2) is 4.77. The van der Waals surface area contributed by atoms with E-state index in [0.29, 0.717) is 11.7 Å². The van der Waals surface area contributed by atoms with Crippen LogP contribution in [-0.2, 0) is 0 Å². The van der Waals surface area contributed by atoms with Crippen molar-refractivity contribution in [2.75, 3.05) is 0 Å². The zero-order valence-corrected chi connectivity index (χ0v) is 9.14. The van der Waals surface area contributed by atoms with E-state index in [1.807, 2.05) is 6.92 Å². The van der Waals surface area contributed by atoms with E-state index < -0.39 is 4.92 Å². The van der Waals surface area contributed by atoms with Crippen LogP contribution in [-0.4, -0.2) is 11.0 Å². The molecule has 0 aromatic heterocycles. The molecule has 1 aromatic rings. The summed E-state index contributed by atoms with van der Waals surface area (Å²) in [6, 6.07) is 6.14. The third-order valence-corrected chi connectivity index (χ3v) is 2.31. The number of nitro benzene ring substituents is 1. The minimum Gasteiger partial charge on any atom is -0.490 e. The number of benzene rings is 1. The molecule has 0 heterocycles. The van der Waals surface area contributed by atoms with Crippen LogP contribution in [0, 0.1) is 16.0 Å². The summed E-state index contributed by atoms with van der Waals surface area (Å²) < 4.78 is 5.59. The van der Waals surface area contributed by atoms with Crippen LogP contribution in [0.3, 0.4) is 0 Å². The smallest absolute Gasteiger partial charge is 0.269 e. The van der Waals surface area contributed by atoms with Crippen LogP contribution in [0.5, 0.6) is 5.75 Å². The Kier molecular flexibility index (Phi) is 3.66. The fourth-order valence-electron chi connectivity index (χ4n) is 0.997. The van der Waals surface area contributed by atoms with Crippen molar-refractivity contribution in [2.45, 2.75) is 26.9 Å². The molecular weight excluding hydrogens is 194 g/mol. The van der Waals surface area contributed by atoms with E-state index in [1.165, 1.54) is 12.1 Å². The predicted molar refractivity (Wildman–Crippen MR) is 58.0 cm³/mol. The number of hydrogen-bond donors (Lipinski definition) is 0. The molecule has 0 unspecified atom stereocenters. The third-order valence-electron chi connectivity index (χ3n) is 2.31. The van der Waals surface area contributed by atoms with Crippen molar-refractivity contribution in [3.63, 3.8) is 0 Å². The Labute approximate surface area is 89.0 Å². The lowest BCUT2D eigenvalue weighted by atomic mass is 10.1. The monoisotopic (exact) mass is 209 g/mol. The molecule has 0 aliphatic heterocycles. The predicted octanol–water partition coefficient (Wildman–Crippen LogP) is 3.02. The maximum Gasteiger partial charge on any atom is 0.269 e. The Morgan fingerprint density at radius 1 is 1.20 bits per heavy atom. The van der Waals surface area contributed by atoms with Crippen molar-refractivity contribution in [2.24, 2.45) is 5.92 Å². The molecule has 82 valence electrons. The quantitative estimate of drug-likeness (QED) is 0.565. The van der Waals surface area contributed by atoms with E-state index in [4.69, 9.17) is 4.74 Å². The minimum absolute atomic E-state index is 0.0829. The van der Waals surface area contributed by atoms with Gasteiger partial charge >= 0.3 is 0 Å². The Bertz CT molecular complexity index is 332. The van der Waals surface area contributed by atoms with Gasteiger partial charge in [0, 0.05) is 12.1 Å². The summed E-state index contributed by atoms with van der Waals surface area (Å²) in [4.78, 5) is 9.99. The molecule has 0 fully saturated rings. The first-order valence-electron chi connectivity index (χ1n) is 4.92. The van der Waals surface area contributed by atoms with Crippen molar-refractivity contribution >= 4 is 5.69 Å². The normalized spacial score (nSPS) is 12.5. The average Bonchev–Trinajstić information content (AvgIpc) is 2.18. The number of non-ortho nitro benzene ring substituents is 1. The Morgan fingerprint density at radius 3 is 2.13 bits per heavy atom. The van der Waals surface area contributed by atoms with Crippen molar-refractivity contribution in [1.29, 1.82) is 0 Å². The molecule has 0 saturated heterocycles. The molecule has 0 aliphatic rings. The molecule has 0 amide bonds. The Balaban J connectivity index is 2.68. The third kappa shape index (κ3) is 3.23. The number of rotatable bonds is 4. The summed E-state index contributed by atoms with van der Waals surface area (Å²) in [7, 11) is 0. The number of nitrogens with zero attached hydrogens (tertiary/aromatic N) is 1. The number of nitro groups is 1. The van der Waals surface area contributed by atoms with Crippen LogP contribution in [0.15, 0.2) is 24.3 Å². The minimum atomic E-state index is -0.421. The highest BCUT2D eigenvalue weighted by molar-refractivity contribution is 5.36. The van der Waals surface area contributed by atoms with E-state index in [-0.39, 0.29) is 11.8 Å². The lowest BCUT2D eigenvalue weighted by Crippen LogP contribution is -2.18. The van der Waals surface area contributed by atoms with E-state index in [2.05, 4.69) is 13.8 Å². The van der Waals surface area contributed by atoms with Gasteiger partial charge in [-0.25, -0.2) is 0 Å². The summed E-state index contributed by atoms with van der Waals surface area (Å²) in [6.07, 6.45) is 0.103. The number of ether oxygens (including phenoxy) is 1. The molecule has 4 nitrogen and oxygen atoms in total. The van der Waals surface area contributed by atoms with Gasteiger partial charge in [0.15, 0.2) is 0 Å². The molecule has 0 spiro atoms. The highest BCUT2D eigenvalue weighted by atomic mass is 16.6. The Hall–Kier alpha value is -1.58. The van der Waals surface area contributed by atoms with E-state index in [9.17, 15) is 10.1 Å². The SMILES string of the molecule is CC(C)[C@@H](C)Oc1ccc([N+](=O)[O-])cc1. The summed E-state index contributed by atoms with van der Waals surface area (Å²) in [5, 5.41) is 10.4. The van der Waals surface area contributed by atoms with E-state index in [1.54, 1.807) is 12.1 Å². The Morgan fingerprint density at radius 2 is 1.73 bits per heavy atom. The zero-order valence-electron chi connectivity index (χ0n) is 9.14. The largest absolute Gasteiger partial charge is 0.490 e. The zero-order chi connectivity index (χ0) is 11.4. The molecule has 0 radical (unpaired) electrons. The molecule has 1 rings (SSSR count). The van der Waals surface area contributed by atoms with Gasteiger partial charge in [-0.15, -0.1) is 0 Å². The van der Waals surface area contributed by atoms with Gasteiger partial charge in [-0.3, -0.25) is 10.1 Å². The lowest BCUT2D eigenvalue weighted by molar-refractivity contribution is -0.384. The summed E-state index contributed by atoms with van der Waals surface area (Å²) in [6.45, 7) is 6.11. The second-order valence-corrected chi connectivity index (χ2v) is 3.82. The van der Waals surface area contributed by atoms with Crippen LogP contribution in [0.4, 0.5) is 5.69 Å². The topological polar surface area (TPSA) is 52.4 Å². The van der Waals surface area contributed by atoms with E-state index >= 15 is 0 Å². The lowest BCUT2D eigenvalue weighted by Gasteiger charge is -2.17. The molecule has 0 N–H and O–H groups in total. The van der Waals surface area contributed by atoms with Crippen molar-refractivity contribution < 1.29 is 9.66 Å². The van der Waals surface area contributed by atoms with Gasteiger partial charge in [0.2, 0.25) is 0 Å². The molecule has 0 bridgehead atoms. The van der Waals surface area contributed by atoms with Gasteiger partial charge in [-0.2, -0.15) is 0 Å². The summed E-state index contributed by atoms with van der Waals surface area (Å²) in [5.74, 6) is 1.09. The standard InChI is InChI=1S/C11H15NO3/c1-8(2)9(3)15-11-6-4-10(5-7-11)12(13)14/h4-9H,1-3H3/t9-/m1/s1. The molecule has 0 saturated carbocycles. The molecule has 15 heavy (non-hydrogen) atoms. The van der Waals surface area contributed by atoms with Crippen molar-refractivity contribution in [3.05, 3.63) is 34.4 Å². The first-order valence-corrected chi connectivity index (χ1v) is 4.92. The van der Waals surface area contributed by atoms with Crippen molar-refractivity contribution in [1.82, 2.24) is 0 Å². The molecule has 4 heteroatoms. The van der Waals surface area contributed by atoms with Crippen LogP contribution >= 0.6 is 0 Å². The van der Waals surface area contributed by atoms with Crippen molar-refractivity contribution in [3.8, 4) is 5.75 Å². The number of hydrogen-bond acceptors (Lipinski definition) is 3. The van der Waals surface area contributed by atoms with Crippen LogP contribution in [0.1, 0.15) is 20.8 Å². The van der Waals surface area contributed by atoms with Gasteiger partial charge in [0.25, 0.3) is 5.69 Å². The highest BCUT2D eigenvalue weighted by Crippen LogP contribution is 2.19. The summed E-state index contributed by atoms with van der Waals surface area (Å²) in [5.41, 5.74) is 0.0829. The van der Waals surface area contributed by atoms with Gasteiger partial charge in [0.1, 0.15) is 5.75 Å². The first-order chi connectivity index (χ1) is 7.00. The fourth-order valence-corrected chi connectivity index (χ4v) is 0.997. The molecule has 1 atom stereocenters. The maximum absolute atomic E-state index is 10.4. The molecule has 0 aliphatic carbocycles. The van der Waals surface area contributed by atoms with Gasteiger partial charge < -0.3 is 4.74 Å². The van der Waals surface area contributed by atoms with Crippen LogP contribution in [0.25, 0.3) is 0 Å². The fraction of sp³-hybridized carbons (Fsp3) is 0.455. The van der Waals surface area contributed by atoms with E-state index in [0.717, 1.165) is 0 Å². The molecule has 1 aromatic carbocycles. The maximum atomic E-state index is 10.4. The second-order valence-electron chi connectivity index (χ2n) is 3.82. The molecular formula is C11H15NO3. The highest BCUT2D eigenvalue weighted by Gasteiger charge is 2.10. The van der Waals surface area contributed by atoms with Gasteiger partial charge in [-0.05, 0) is 25.0 Å². The summed E-state index contributed by atoms with van der Waals surface area (Å²) >= 11 is 0. The van der Waals surface area contributed by atoms with Crippen LogP contribution in [0.2, 0.25) is 0 Å².